The van der Waals surface area contributed by atoms with Gasteiger partial charge in [-0.25, -0.2) is 0 Å². The zero-order valence-corrected chi connectivity index (χ0v) is 13.1. The first-order valence-corrected chi connectivity index (χ1v) is 8.61. The highest BCUT2D eigenvalue weighted by Crippen LogP contribution is 2.35. The maximum absolute atomic E-state index is 11.0. The van der Waals surface area contributed by atoms with E-state index in [9.17, 15) is 5.11 Å². The van der Waals surface area contributed by atoms with Crippen LogP contribution in [0, 0.1) is 0 Å². The predicted octanol–water partition coefficient (Wildman–Crippen LogP) is 3.90. The molecule has 0 spiro atoms. The van der Waals surface area contributed by atoms with Gasteiger partial charge in [0.05, 0.1) is 5.60 Å². The van der Waals surface area contributed by atoms with Crippen LogP contribution in [0.15, 0.2) is 59.5 Å². The second-order valence-corrected chi connectivity index (χ2v) is 6.47. The molecule has 3 heteroatoms. The van der Waals surface area contributed by atoms with E-state index in [0.29, 0.717) is 0 Å². The lowest BCUT2D eigenvalue weighted by molar-refractivity contribution is 0.0116. The van der Waals surface area contributed by atoms with Crippen LogP contribution >= 0.6 is 11.8 Å². The molecule has 3 rings (SSSR count). The largest absolute Gasteiger partial charge is 0.385 e. The lowest BCUT2D eigenvalue weighted by Crippen LogP contribution is -2.42. The first kappa shape index (κ1) is 14.5. The molecule has 0 unspecified atom stereocenters. The Morgan fingerprint density at radius 2 is 1.71 bits per heavy atom. The van der Waals surface area contributed by atoms with Crippen molar-refractivity contribution >= 4 is 17.4 Å². The summed E-state index contributed by atoms with van der Waals surface area (Å²) in [7, 11) is 0. The van der Waals surface area contributed by atoms with Gasteiger partial charge in [0.2, 0.25) is 0 Å². The van der Waals surface area contributed by atoms with E-state index >= 15 is 0 Å². The Bertz CT molecular complexity index is 591. The summed E-state index contributed by atoms with van der Waals surface area (Å²) in [6, 6.07) is 18.8. The Hall–Kier alpha value is -1.45. The average molecular weight is 299 g/mol. The number of para-hydroxylation sites is 1. The number of rotatable bonds is 3. The molecule has 0 atom stereocenters. The van der Waals surface area contributed by atoms with Crippen LogP contribution in [0.4, 0.5) is 5.69 Å². The second-order valence-electron chi connectivity index (χ2n) is 5.59. The van der Waals surface area contributed by atoms with Crippen molar-refractivity contribution in [1.29, 1.82) is 0 Å². The van der Waals surface area contributed by atoms with Crippen molar-refractivity contribution in [2.24, 2.45) is 0 Å². The van der Waals surface area contributed by atoms with Crippen molar-refractivity contribution in [3.63, 3.8) is 0 Å². The molecule has 0 aromatic heterocycles. The first-order valence-electron chi connectivity index (χ1n) is 7.38. The second kappa shape index (κ2) is 6.12. The minimum Gasteiger partial charge on any atom is -0.385 e. The molecule has 0 bridgehead atoms. The van der Waals surface area contributed by atoms with Crippen molar-refractivity contribution in [2.45, 2.75) is 23.3 Å². The number of hydrogen-bond acceptors (Lipinski definition) is 3. The van der Waals surface area contributed by atoms with Crippen LogP contribution in [0.3, 0.4) is 0 Å². The third-order valence-corrected chi connectivity index (χ3v) is 5.04. The fraction of sp³-hybridized carbons (Fsp3) is 0.333. The highest BCUT2D eigenvalue weighted by Gasteiger charge is 2.34. The molecule has 0 saturated carbocycles. The van der Waals surface area contributed by atoms with Crippen LogP contribution in [0.1, 0.15) is 18.4 Å². The standard InChI is InChI=1S/C18H21NOS/c1-21-17-9-5-6-15(14-17)18(20)10-12-19(13-11-18)16-7-3-2-4-8-16/h2-9,14,20H,10-13H2,1H3. The molecule has 2 aromatic carbocycles. The van der Waals surface area contributed by atoms with Gasteiger partial charge in [0.1, 0.15) is 0 Å². The van der Waals surface area contributed by atoms with Crippen LogP contribution in [0.5, 0.6) is 0 Å². The maximum atomic E-state index is 11.0. The van der Waals surface area contributed by atoms with Gasteiger partial charge in [-0.2, -0.15) is 0 Å². The molecule has 1 aliphatic rings. The molecule has 0 radical (unpaired) electrons. The number of nitrogens with zero attached hydrogens (tertiary/aromatic N) is 1. The van der Waals surface area contributed by atoms with E-state index in [4.69, 9.17) is 0 Å². The summed E-state index contributed by atoms with van der Waals surface area (Å²) in [6.07, 6.45) is 3.63. The lowest BCUT2D eigenvalue weighted by atomic mass is 9.84. The molecule has 1 saturated heterocycles. The normalized spacial score (nSPS) is 17.7. The zero-order chi connectivity index (χ0) is 14.7. The Morgan fingerprint density at radius 3 is 2.38 bits per heavy atom. The maximum Gasteiger partial charge on any atom is 0.0930 e. The fourth-order valence-electron chi connectivity index (χ4n) is 2.97. The third kappa shape index (κ3) is 3.09. The van der Waals surface area contributed by atoms with Crippen molar-refractivity contribution in [1.82, 2.24) is 0 Å². The van der Waals surface area contributed by atoms with Crippen LogP contribution in [0.2, 0.25) is 0 Å². The number of anilines is 1. The minimum absolute atomic E-state index is 0.684. The van der Waals surface area contributed by atoms with Gasteiger partial charge >= 0.3 is 0 Å². The average Bonchev–Trinajstić information content (AvgIpc) is 2.56. The Labute approximate surface area is 130 Å². The summed E-state index contributed by atoms with van der Waals surface area (Å²) in [5, 5.41) is 11.0. The monoisotopic (exact) mass is 299 g/mol. The molecule has 1 fully saturated rings. The predicted molar refractivity (Wildman–Crippen MR) is 90.0 cm³/mol. The van der Waals surface area contributed by atoms with Crippen LogP contribution in [-0.2, 0) is 5.60 Å². The van der Waals surface area contributed by atoms with Crippen molar-refractivity contribution in [3.05, 3.63) is 60.2 Å². The van der Waals surface area contributed by atoms with E-state index < -0.39 is 5.60 Å². The molecule has 0 aliphatic carbocycles. The number of benzene rings is 2. The Morgan fingerprint density at radius 1 is 1.00 bits per heavy atom. The lowest BCUT2D eigenvalue weighted by Gasteiger charge is -2.39. The molecular formula is C18H21NOS. The van der Waals surface area contributed by atoms with Crippen molar-refractivity contribution in [2.75, 3.05) is 24.2 Å². The topological polar surface area (TPSA) is 23.5 Å². The molecule has 2 aromatic rings. The van der Waals surface area contributed by atoms with Gasteiger partial charge in [0.25, 0.3) is 0 Å². The summed E-state index contributed by atoms with van der Waals surface area (Å²) in [4.78, 5) is 3.57. The minimum atomic E-state index is -0.684. The summed E-state index contributed by atoms with van der Waals surface area (Å²) < 4.78 is 0. The summed E-state index contributed by atoms with van der Waals surface area (Å²) in [5.74, 6) is 0. The van der Waals surface area contributed by atoms with Gasteiger partial charge in [0.15, 0.2) is 0 Å². The smallest absolute Gasteiger partial charge is 0.0930 e. The number of hydrogen-bond donors (Lipinski definition) is 1. The van der Waals surface area contributed by atoms with Crippen molar-refractivity contribution in [3.8, 4) is 0 Å². The van der Waals surface area contributed by atoms with E-state index in [1.54, 1.807) is 11.8 Å². The first-order chi connectivity index (χ1) is 10.2. The van der Waals surface area contributed by atoms with Gasteiger partial charge in [-0.05, 0) is 48.9 Å². The summed E-state index contributed by atoms with van der Waals surface area (Å²) in [6.45, 7) is 1.79. The highest BCUT2D eigenvalue weighted by molar-refractivity contribution is 7.98. The van der Waals surface area contributed by atoms with Gasteiger partial charge in [-0.15, -0.1) is 11.8 Å². The van der Waals surface area contributed by atoms with Crippen LogP contribution < -0.4 is 4.90 Å². The molecule has 2 nitrogen and oxygen atoms in total. The Kier molecular flexibility index (Phi) is 4.22. The number of piperidine rings is 1. The summed E-state index contributed by atoms with van der Waals surface area (Å²) >= 11 is 1.72. The molecule has 0 amide bonds. The van der Waals surface area contributed by atoms with Gasteiger partial charge in [0, 0.05) is 23.7 Å². The number of aliphatic hydroxyl groups is 1. The number of thioether (sulfide) groups is 1. The van der Waals surface area contributed by atoms with E-state index in [0.717, 1.165) is 31.5 Å². The van der Waals surface area contributed by atoms with Crippen LogP contribution in [0.25, 0.3) is 0 Å². The van der Waals surface area contributed by atoms with Crippen LogP contribution in [-0.4, -0.2) is 24.5 Å². The molecule has 21 heavy (non-hydrogen) atoms. The fourth-order valence-corrected chi connectivity index (χ4v) is 3.43. The van der Waals surface area contributed by atoms with E-state index in [1.165, 1.54) is 10.6 Å². The molecule has 1 heterocycles. The SMILES string of the molecule is CSc1cccc(C2(O)CCN(c3ccccc3)CC2)c1. The van der Waals surface area contributed by atoms with Crippen molar-refractivity contribution < 1.29 is 5.11 Å². The summed E-state index contributed by atoms with van der Waals surface area (Å²) in [5.41, 5.74) is 1.62. The Balaban J connectivity index is 1.74. The van der Waals surface area contributed by atoms with E-state index in [2.05, 4.69) is 53.6 Å². The van der Waals surface area contributed by atoms with Gasteiger partial charge in [-0.3, -0.25) is 0 Å². The van der Waals surface area contributed by atoms with E-state index in [-0.39, 0.29) is 0 Å². The molecule has 1 aliphatic heterocycles. The molecule has 110 valence electrons. The quantitative estimate of drug-likeness (QED) is 0.870. The molecule has 1 N–H and O–H groups in total. The highest BCUT2D eigenvalue weighted by atomic mass is 32.2. The van der Waals surface area contributed by atoms with Gasteiger partial charge < -0.3 is 10.0 Å². The van der Waals surface area contributed by atoms with Gasteiger partial charge in [-0.1, -0.05) is 30.3 Å². The molecular weight excluding hydrogens is 278 g/mol. The third-order valence-electron chi connectivity index (χ3n) is 4.32. The van der Waals surface area contributed by atoms with E-state index in [1.807, 2.05) is 12.1 Å². The zero-order valence-electron chi connectivity index (χ0n) is 12.3.